The first-order valence-electron chi connectivity index (χ1n) is 9.41. The van der Waals surface area contributed by atoms with Gasteiger partial charge in [-0.3, -0.25) is 9.48 Å². The highest BCUT2D eigenvalue weighted by Gasteiger charge is 2.21. The van der Waals surface area contributed by atoms with E-state index in [4.69, 9.17) is 4.74 Å². The molecule has 0 spiro atoms. The van der Waals surface area contributed by atoms with Crippen molar-refractivity contribution in [3.8, 4) is 5.75 Å². The largest absolute Gasteiger partial charge is 0.488 e. The Labute approximate surface area is 161 Å². The fraction of sp³-hybridized carbons (Fsp3) is 0.300. The lowest BCUT2D eigenvalue weighted by molar-refractivity contribution is 0.102. The lowest BCUT2D eigenvalue weighted by Crippen LogP contribution is -2.16. The second kappa shape index (κ2) is 6.63. The fourth-order valence-corrected chi connectivity index (χ4v) is 3.73. The average molecular weight is 376 g/mol. The summed E-state index contributed by atoms with van der Waals surface area (Å²) in [6, 6.07) is 5.58. The summed E-state index contributed by atoms with van der Waals surface area (Å²) in [5, 5.41) is 12.6. The molecule has 0 atom stereocenters. The van der Waals surface area contributed by atoms with Gasteiger partial charge in [-0.05, 0) is 37.8 Å². The van der Waals surface area contributed by atoms with Crippen molar-refractivity contribution >= 4 is 28.1 Å². The van der Waals surface area contributed by atoms with E-state index in [0.29, 0.717) is 22.6 Å². The summed E-state index contributed by atoms with van der Waals surface area (Å²) in [6.45, 7) is 0. The molecule has 1 fully saturated rings. The van der Waals surface area contributed by atoms with Crippen LogP contribution < -0.4 is 10.1 Å². The van der Waals surface area contributed by atoms with Crippen molar-refractivity contribution in [2.75, 3.05) is 5.32 Å². The molecule has 1 saturated carbocycles. The van der Waals surface area contributed by atoms with Crippen LogP contribution in [0.1, 0.15) is 36.0 Å². The molecule has 3 aromatic heterocycles. The molecule has 3 heterocycles. The van der Waals surface area contributed by atoms with E-state index >= 15 is 0 Å². The summed E-state index contributed by atoms with van der Waals surface area (Å²) in [5.41, 5.74) is 2.40. The zero-order valence-electron chi connectivity index (χ0n) is 15.5. The topological polar surface area (TPSA) is 86.3 Å². The Morgan fingerprint density at radius 1 is 1.29 bits per heavy atom. The number of anilines is 1. The number of rotatable bonds is 4. The molecule has 1 aliphatic rings. The first kappa shape index (κ1) is 16.7. The number of amides is 1. The average Bonchev–Trinajstić information content (AvgIpc) is 3.41. The van der Waals surface area contributed by atoms with Crippen molar-refractivity contribution in [3.63, 3.8) is 0 Å². The molecule has 4 aromatic rings. The summed E-state index contributed by atoms with van der Waals surface area (Å²) in [4.78, 5) is 17.2. The first-order chi connectivity index (χ1) is 13.7. The smallest absolute Gasteiger partial charge is 0.261 e. The molecular formula is C20H20N6O2. The SMILES string of the molecule is Cn1cc2cc(NC(=O)c3cnn4cccnc34)c(OC3CCCC3)cc2n1. The van der Waals surface area contributed by atoms with Crippen molar-refractivity contribution in [1.29, 1.82) is 0 Å². The van der Waals surface area contributed by atoms with Crippen LogP contribution in [0.3, 0.4) is 0 Å². The fourth-order valence-electron chi connectivity index (χ4n) is 3.73. The molecule has 1 N–H and O–H groups in total. The third-order valence-electron chi connectivity index (χ3n) is 5.09. The summed E-state index contributed by atoms with van der Waals surface area (Å²) < 4.78 is 9.56. The van der Waals surface area contributed by atoms with Crippen LogP contribution >= 0.6 is 0 Å². The number of aromatic nitrogens is 5. The second-order valence-corrected chi connectivity index (χ2v) is 7.13. The van der Waals surface area contributed by atoms with Crippen LogP contribution in [0.15, 0.2) is 43.0 Å². The van der Waals surface area contributed by atoms with Crippen LogP contribution in [0.5, 0.6) is 5.75 Å². The molecule has 8 heteroatoms. The van der Waals surface area contributed by atoms with Gasteiger partial charge in [-0.1, -0.05) is 0 Å². The van der Waals surface area contributed by atoms with Gasteiger partial charge in [-0.2, -0.15) is 10.2 Å². The van der Waals surface area contributed by atoms with E-state index in [1.54, 1.807) is 27.7 Å². The van der Waals surface area contributed by atoms with Gasteiger partial charge in [0.05, 0.1) is 23.5 Å². The molecule has 1 amide bonds. The number of ether oxygens (including phenoxy) is 1. The Hall–Kier alpha value is -3.42. The molecule has 0 bridgehead atoms. The zero-order valence-corrected chi connectivity index (χ0v) is 15.5. The second-order valence-electron chi connectivity index (χ2n) is 7.13. The van der Waals surface area contributed by atoms with Crippen LogP contribution in [0.4, 0.5) is 5.69 Å². The van der Waals surface area contributed by atoms with E-state index in [9.17, 15) is 4.79 Å². The van der Waals surface area contributed by atoms with Crippen LogP contribution in [-0.4, -0.2) is 36.4 Å². The molecule has 1 aromatic carbocycles. The third-order valence-corrected chi connectivity index (χ3v) is 5.09. The predicted octanol–water partition coefficient (Wildman–Crippen LogP) is 3.19. The maximum atomic E-state index is 12.9. The van der Waals surface area contributed by atoms with Crippen molar-refractivity contribution in [3.05, 3.63) is 48.5 Å². The molecule has 5 rings (SSSR count). The Morgan fingerprint density at radius 3 is 3.00 bits per heavy atom. The lowest BCUT2D eigenvalue weighted by Gasteiger charge is -2.17. The minimum atomic E-state index is -0.270. The minimum Gasteiger partial charge on any atom is -0.488 e. The quantitative estimate of drug-likeness (QED) is 0.591. The number of hydrogen-bond acceptors (Lipinski definition) is 5. The molecule has 0 radical (unpaired) electrons. The maximum absolute atomic E-state index is 12.9. The maximum Gasteiger partial charge on any atom is 0.261 e. The molecule has 1 aliphatic carbocycles. The van der Waals surface area contributed by atoms with E-state index in [1.165, 1.54) is 19.0 Å². The van der Waals surface area contributed by atoms with Crippen LogP contribution in [0.25, 0.3) is 16.6 Å². The van der Waals surface area contributed by atoms with E-state index in [1.807, 2.05) is 25.4 Å². The number of fused-ring (bicyclic) bond motifs is 2. The van der Waals surface area contributed by atoms with Gasteiger partial charge < -0.3 is 10.1 Å². The highest BCUT2D eigenvalue weighted by molar-refractivity contribution is 6.09. The lowest BCUT2D eigenvalue weighted by atomic mass is 10.2. The summed E-state index contributed by atoms with van der Waals surface area (Å²) >= 11 is 0. The molecule has 0 aliphatic heterocycles. The van der Waals surface area contributed by atoms with Crippen LogP contribution in [0, 0.1) is 0 Å². The number of nitrogens with one attached hydrogen (secondary N) is 1. The Kier molecular flexibility index (Phi) is 3.96. The summed E-state index contributed by atoms with van der Waals surface area (Å²) in [6.07, 6.45) is 11.4. The number of hydrogen-bond donors (Lipinski definition) is 1. The molecular weight excluding hydrogens is 356 g/mol. The Morgan fingerprint density at radius 2 is 2.14 bits per heavy atom. The monoisotopic (exact) mass is 376 g/mol. The zero-order chi connectivity index (χ0) is 19.1. The van der Waals surface area contributed by atoms with Gasteiger partial charge in [0.1, 0.15) is 11.3 Å². The highest BCUT2D eigenvalue weighted by atomic mass is 16.5. The molecule has 0 unspecified atom stereocenters. The number of benzene rings is 1. The molecule has 142 valence electrons. The minimum absolute atomic E-state index is 0.176. The van der Waals surface area contributed by atoms with Gasteiger partial charge in [0, 0.05) is 37.1 Å². The van der Waals surface area contributed by atoms with Gasteiger partial charge in [0.25, 0.3) is 5.91 Å². The first-order valence-corrected chi connectivity index (χ1v) is 9.41. The van der Waals surface area contributed by atoms with Crippen molar-refractivity contribution in [1.82, 2.24) is 24.4 Å². The normalized spacial score (nSPS) is 14.8. The van der Waals surface area contributed by atoms with Gasteiger partial charge in [-0.25, -0.2) is 9.50 Å². The molecule has 28 heavy (non-hydrogen) atoms. The molecule has 8 nitrogen and oxygen atoms in total. The van der Waals surface area contributed by atoms with E-state index in [2.05, 4.69) is 20.5 Å². The highest BCUT2D eigenvalue weighted by Crippen LogP contribution is 2.34. The summed E-state index contributed by atoms with van der Waals surface area (Å²) in [5.74, 6) is 0.379. The number of aryl methyl sites for hydroxylation is 1. The number of carbonyl (C=O) groups excluding carboxylic acids is 1. The standard InChI is InChI=1S/C20H20N6O2/c1-25-12-13-9-17(18(10-16(13)24-25)28-14-5-2-3-6-14)23-20(27)15-11-22-26-8-4-7-21-19(15)26/h4,7-12,14H,2-3,5-6H2,1H3,(H,23,27). The van der Waals surface area contributed by atoms with Crippen LogP contribution in [-0.2, 0) is 7.05 Å². The van der Waals surface area contributed by atoms with Gasteiger partial charge in [0.2, 0.25) is 0 Å². The number of nitrogens with zero attached hydrogens (tertiary/aromatic N) is 5. The predicted molar refractivity (Wildman–Crippen MR) is 105 cm³/mol. The van der Waals surface area contributed by atoms with Gasteiger partial charge in [0.15, 0.2) is 5.65 Å². The van der Waals surface area contributed by atoms with Gasteiger partial charge in [-0.15, -0.1) is 0 Å². The Bertz CT molecular complexity index is 1170. The number of carbonyl (C=O) groups is 1. The van der Waals surface area contributed by atoms with E-state index in [-0.39, 0.29) is 12.0 Å². The van der Waals surface area contributed by atoms with Crippen molar-refractivity contribution in [2.24, 2.45) is 7.05 Å². The van der Waals surface area contributed by atoms with E-state index in [0.717, 1.165) is 23.7 Å². The third kappa shape index (κ3) is 2.96. The van der Waals surface area contributed by atoms with Gasteiger partial charge >= 0.3 is 0 Å². The molecule has 0 saturated heterocycles. The van der Waals surface area contributed by atoms with E-state index < -0.39 is 0 Å². The Balaban J connectivity index is 1.51. The van der Waals surface area contributed by atoms with Crippen LogP contribution in [0.2, 0.25) is 0 Å². The van der Waals surface area contributed by atoms with Crippen molar-refractivity contribution in [2.45, 2.75) is 31.8 Å². The summed E-state index contributed by atoms with van der Waals surface area (Å²) in [7, 11) is 1.88. The van der Waals surface area contributed by atoms with Crippen molar-refractivity contribution < 1.29 is 9.53 Å².